The molecule has 0 aromatic heterocycles. The van der Waals surface area contributed by atoms with Crippen LogP contribution in [0, 0.1) is 0 Å². The molecule has 11 heteroatoms. The lowest BCUT2D eigenvalue weighted by Crippen LogP contribution is -2.13. The minimum atomic E-state index is -4.58. The average molecular weight is 397 g/mol. The van der Waals surface area contributed by atoms with Crippen molar-refractivity contribution in [2.45, 2.75) is 9.79 Å². The van der Waals surface area contributed by atoms with Crippen LogP contribution in [0.2, 0.25) is 10.0 Å². The van der Waals surface area contributed by atoms with Gasteiger partial charge in [-0.05, 0) is 36.4 Å². The minimum Gasteiger partial charge on any atom is -0.399 e. The van der Waals surface area contributed by atoms with E-state index in [1.807, 2.05) is 0 Å². The molecule has 2 aromatic carbocycles. The van der Waals surface area contributed by atoms with Crippen LogP contribution in [0.4, 0.5) is 11.4 Å². The van der Waals surface area contributed by atoms with Crippen molar-refractivity contribution in [2.75, 3.05) is 10.5 Å². The van der Waals surface area contributed by atoms with Gasteiger partial charge in [0.25, 0.3) is 20.1 Å². The van der Waals surface area contributed by atoms with Crippen molar-refractivity contribution >= 4 is 54.7 Å². The predicted molar refractivity (Wildman–Crippen MR) is 87.9 cm³/mol. The van der Waals surface area contributed by atoms with Gasteiger partial charge in [-0.1, -0.05) is 23.2 Å². The molecule has 0 aliphatic rings. The number of sulfonamides is 1. The molecular formula is C12H10Cl2N2O5S2. The molecule has 23 heavy (non-hydrogen) atoms. The first-order chi connectivity index (χ1) is 10.5. The van der Waals surface area contributed by atoms with Crippen LogP contribution in [-0.4, -0.2) is 21.4 Å². The van der Waals surface area contributed by atoms with Crippen LogP contribution in [0.1, 0.15) is 0 Å². The average Bonchev–Trinajstić information content (AvgIpc) is 2.41. The Kier molecular flexibility index (Phi) is 4.79. The van der Waals surface area contributed by atoms with Gasteiger partial charge in [0, 0.05) is 5.69 Å². The van der Waals surface area contributed by atoms with Gasteiger partial charge >= 0.3 is 0 Å². The summed E-state index contributed by atoms with van der Waals surface area (Å²) in [4.78, 5) is -0.697. The molecule has 0 atom stereocenters. The second-order valence-corrected chi connectivity index (χ2v) is 8.30. The number of halogens is 2. The second-order valence-electron chi connectivity index (χ2n) is 4.41. The number of hydrogen-bond donors (Lipinski definition) is 3. The van der Waals surface area contributed by atoms with Gasteiger partial charge in [0.2, 0.25) is 0 Å². The van der Waals surface area contributed by atoms with Gasteiger partial charge in [0.15, 0.2) is 0 Å². The molecule has 2 rings (SSSR count). The Morgan fingerprint density at radius 1 is 0.957 bits per heavy atom. The van der Waals surface area contributed by atoms with E-state index in [9.17, 15) is 16.8 Å². The van der Waals surface area contributed by atoms with Crippen LogP contribution in [0.3, 0.4) is 0 Å². The second kappa shape index (κ2) is 6.17. The number of nitrogen functional groups attached to an aromatic ring is 1. The van der Waals surface area contributed by atoms with Crippen molar-refractivity contribution in [2.24, 2.45) is 0 Å². The molecule has 0 radical (unpaired) electrons. The minimum absolute atomic E-state index is 0.0715. The van der Waals surface area contributed by atoms with Crippen LogP contribution < -0.4 is 10.5 Å². The Morgan fingerprint density at radius 2 is 1.52 bits per heavy atom. The lowest BCUT2D eigenvalue weighted by Gasteiger charge is -2.11. The van der Waals surface area contributed by atoms with Gasteiger partial charge in [-0.25, -0.2) is 8.42 Å². The quantitative estimate of drug-likeness (QED) is 0.538. The topological polar surface area (TPSA) is 127 Å². The third kappa shape index (κ3) is 4.06. The molecule has 124 valence electrons. The Labute approximate surface area is 142 Å². The molecule has 0 bridgehead atoms. The summed E-state index contributed by atoms with van der Waals surface area (Å²) >= 11 is 11.6. The van der Waals surface area contributed by atoms with Crippen LogP contribution >= 0.6 is 23.2 Å². The summed E-state index contributed by atoms with van der Waals surface area (Å²) in [5.41, 5.74) is 5.74. The standard InChI is InChI=1S/C12H10Cl2N2O5S2/c13-9-6-12(23(19,20)21)10(14)5-11(9)16-22(17,18)8-3-1-7(15)2-4-8/h1-6,16H,15H2,(H,19,20,21). The molecule has 7 nitrogen and oxygen atoms in total. The maximum absolute atomic E-state index is 12.2. The zero-order valence-corrected chi connectivity index (χ0v) is 14.3. The fourth-order valence-corrected chi connectivity index (χ4v) is 4.09. The molecule has 0 spiro atoms. The number of hydrogen-bond acceptors (Lipinski definition) is 5. The molecule has 0 fully saturated rings. The van der Waals surface area contributed by atoms with Crippen molar-refractivity contribution < 1.29 is 21.4 Å². The highest BCUT2D eigenvalue weighted by Crippen LogP contribution is 2.33. The maximum Gasteiger partial charge on any atom is 0.296 e. The van der Waals surface area contributed by atoms with Gasteiger partial charge < -0.3 is 5.73 Å². The Bertz CT molecular complexity index is 958. The first kappa shape index (κ1) is 17.8. The molecule has 0 saturated carbocycles. The zero-order chi connectivity index (χ0) is 17.4. The molecule has 0 amide bonds. The Balaban J connectivity index is 2.44. The molecule has 0 aliphatic carbocycles. The van der Waals surface area contributed by atoms with Gasteiger partial charge in [0.05, 0.1) is 20.6 Å². The van der Waals surface area contributed by atoms with Crippen LogP contribution in [0.5, 0.6) is 0 Å². The summed E-state index contributed by atoms with van der Waals surface area (Å²) in [6.07, 6.45) is 0. The highest BCUT2D eigenvalue weighted by molar-refractivity contribution is 7.92. The summed E-state index contributed by atoms with van der Waals surface area (Å²) < 4.78 is 57.9. The lowest BCUT2D eigenvalue weighted by atomic mass is 10.3. The van der Waals surface area contributed by atoms with E-state index >= 15 is 0 Å². The Hall–Kier alpha value is -1.52. The molecule has 0 unspecified atom stereocenters. The highest BCUT2D eigenvalue weighted by atomic mass is 35.5. The normalized spacial score (nSPS) is 12.1. The lowest BCUT2D eigenvalue weighted by molar-refractivity contribution is 0.483. The SMILES string of the molecule is Nc1ccc(S(=O)(=O)Nc2cc(Cl)c(S(=O)(=O)O)cc2Cl)cc1. The molecule has 0 heterocycles. The van der Waals surface area contributed by atoms with E-state index < -0.39 is 25.0 Å². The number of nitrogens with two attached hydrogens (primary N) is 1. The van der Waals surface area contributed by atoms with Crippen molar-refractivity contribution in [3.63, 3.8) is 0 Å². The predicted octanol–water partition coefficient (Wildman–Crippen LogP) is 2.62. The monoisotopic (exact) mass is 396 g/mol. The highest BCUT2D eigenvalue weighted by Gasteiger charge is 2.21. The molecule has 0 saturated heterocycles. The number of rotatable bonds is 4. The van der Waals surface area contributed by atoms with Crippen molar-refractivity contribution in [1.29, 1.82) is 0 Å². The van der Waals surface area contributed by atoms with Gasteiger partial charge in [-0.15, -0.1) is 0 Å². The Morgan fingerprint density at radius 3 is 2.04 bits per heavy atom. The molecule has 0 aliphatic heterocycles. The van der Waals surface area contributed by atoms with E-state index in [4.69, 9.17) is 33.5 Å². The van der Waals surface area contributed by atoms with E-state index in [1.54, 1.807) is 0 Å². The fourth-order valence-electron chi connectivity index (χ4n) is 1.66. The summed E-state index contributed by atoms with van der Waals surface area (Å²) in [5, 5.41) is -0.632. The summed E-state index contributed by atoms with van der Waals surface area (Å²) in [5.74, 6) is 0. The first-order valence-corrected chi connectivity index (χ1v) is 9.53. The number of benzene rings is 2. The largest absolute Gasteiger partial charge is 0.399 e. The summed E-state index contributed by atoms with van der Waals surface area (Å²) in [7, 11) is -8.56. The van der Waals surface area contributed by atoms with E-state index in [2.05, 4.69) is 4.72 Å². The summed E-state index contributed by atoms with van der Waals surface area (Å²) in [6.45, 7) is 0. The molecule has 4 N–H and O–H groups in total. The van der Waals surface area contributed by atoms with Crippen molar-refractivity contribution in [3.8, 4) is 0 Å². The fraction of sp³-hybridized carbons (Fsp3) is 0. The van der Waals surface area contributed by atoms with Crippen LogP contribution in [0.25, 0.3) is 0 Å². The zero-order valence-electron chi connectivity index (χ0n) is 11.2. The van der Waals surface area contributed by atoms with E-state index in [1.165, 1.54) is 24.3 Å². The molecular weight excluding hydrogens is 387 g/mol. The van der Waals surface area contributed by atoms with E-state index in [0.717, 1.165) is 12.1 Å². The van der Waals surface area contributed by atoms with Gasteiger partial charge in [0.1, 0.15) is 4.90 Å². The maximum atomic E-state index is 12.2. The summed E-state index contributed by atoms with van der Waals surface area (Å²) in [6, 6.07) is 7.23. The third-order valence-corrected chi connectivity index (χ3v) is 5.75. The van der Waals surface area contributed by atoms with Crippen molar-refractivity contribution in [1.82, 2.24) is 0 Å². The van der Waals surface area contributed by atoms with Crippen molar-refractivity contribution in [3.05, 3.63) is 46.4 Å². The van der Waals surface area contributed by atoms with Gasteiger partial charge in [-0.3, -0.25) is 9.27 Å². The number of nitrogens with one attached hydrogen (secondary N) is 1. The van der Waals surface area contributed by atoms with E-state index in [-0.39, 0.29) is 20.6 Å². The third-order valence-electron chi connectivity index (χ3n) is 2.73. The van der Waals surface area contributed by atoms with Crippen LogP contribution in [0.15, 0.2) is 46.2 Å². The number of anilines is 2. The molecule has 2 aromatic rings. The van der Waals surface area contributed by atoms with Gasteiger partial charge in [-0.2, -0.15) is 8.42 Å². The first-order valence-electron chi connectivity index (χ1n) is 5.85. The van der Waals surface area contributed by atoms with Crippen LogP contribution in [-0.2, 0) is 20.1 Å². The van der Waals surface area contributed by atoms with E-state index in [0.29, 0.717) is 5.69 Å². The smallest absolute Gasteiger partial charge is 0.296 e.